The molecule has 0 saturated heterocycles. The molecular formula is C17H27N3O. The Bertz CT molecular complexity index is 536. The van der Waals surface area contributed by atoms with E-state index in [1.54, 1.807) is 0 Å². The lowest BCUT2D eigenvalue weighted by atomic mass is 10.1. The molecule has 0 unspecified atom stereocenters. The molecule has 1 aromatic heterocycles. The summed E-state index contributed by atoms with van der Waals surface area (Å²) in [4.78, 5) is 4.38. The fraction of sp³-hybridized carbons (Fsp3) is 0.588. The number of benzene rings is 1. The highest BCUT2D eigenvalue weighted by Crippen LogP contribution is 2.23. The molecule has 0 bridgehead atoms. The lowest BCUT2D eigenvalue weighted by Gasteiger charge is -2.02. The van der Waals surface area contributed by atoms with Crippen molar-refractivity contribution in [3.63, 3.8) is 0 Å². The molecule has 21 heavy (non-hydrogen) atoms. The largest absolute Gasteiger partial charge is 0.423 e. The van der Waals surface area contributed by atoms with E-state index in [0.29, 0.717) is 11.7 Å². The number of fused-ring (bicyclic) bond motifs is 1. The predicted molar refractivity (Wildman–Crippen MR) is 89.5 cm³/mol. The van der Waals surface area contributed by atoms with Gasteiger partial charge in [0.2, 0.25) is 0 Å². The topological polar surface area (TPSA) is 64.1 Å². The lowest BCUT2D eigenvalue weighted by molar-refractivity contribution is 0.574. The Morgan fingerprint density at radius 2 is 1.76 bits per heavy atom. The summed E-state index contributed by atoms with van der Waals surface area (Å²) in [5.41, 5.74) is 8.02. The first-order valence-electron chi connectivity index (χ1n) is 8.20. The summed E-state index contributed by atoms with van der Waals surface area (Å²) in [7, 11) is 0. The molecule has 0 radical (unpaired) electrons. The van der Waals surface area contributed by atoms with Crippen LogP contribution in [0.5, 0.6) is 0 Å². The Hall–Kier alpha value is -1.71. The summed E-state index contributed by atoms with van der Waals surface area (Å²) in [6.45, 7) is 3.16. The van der Waals surface area contributed by atoms with Gasteiger partial charge in [-0.05, 0) is 18.6 Å². The number of aromatic nitrogens is 1. The van der Waals surface area contributed by atoms with Crippen LogP contribution < -0.4 is 11.1 Å². The first-order valence-corrected chi connectivity index (χ1v) is 8.20. The van der Waals surface area contributed by atoms with Crippen molar-refractivity contribution in [2.45, 2.75) is 58.3 Å². The lowest BCUT2D eigenvalue weighted by Crippen LogP contribution is -2.01. The Morgan fingerprint density at radius 3 is 2.48 bits per heavy atom. The van der Waals surface area contributed by atoms with E-state index in [9.17, 15) is 0 Å². The van der Waals surface area contributed by atoms with E-state index >= 15 is 0 Å². The van der Waals surface area contributed by atoms with Crippen molar-refractivity contribution in [3.05, 3.63) is 18.2 Å². The first kappa shape index (κ1) is 15.7. The van der Waals surface area contributed by atoms with E-state index in [1.807, 2.05) is 18.2 Å². The van der Waals surface area contributed by atoms with Crippen molar-refractivity contribution in [3.8, 4) is 0 Å². The van der Waals surface area contributed by atoms with Crippen molar-refractivity contribution >= 4 is 22.8 Å². The van der Waals surface area contributed by atoms with Crippen molar-refractivity contribution in [2.24, 2.45) is 0 Å². The third kappa shape index (κ3) is 4.96. The maximum atomic E-state index is 5.86. The van der Waals surface area contributed by atoms with Gasteiger partial charge >= 0.3 is 0 Å². The number of rotatable bonds is 10. The zero-order chi connectivity index (χ0) is 14.9. The van der Waals surface area contributed by atoms with Crippen molar-refractivity contribution in [1.82, 2.24) is 4.98 Å². The standard InChI is InChI=1S/C17H27N3O/c1-2-3-4-5-6-7-8-9-13-19-17-20-16-14(18)11-10-12-15(16)21-17/h10-12H,2-9,13,18H2,1H3,(H,19,20). The van der Waals surface area contributed by atoms with Gasteiger partial charge in [-0.3, -0.25) is 0 Å². The quantitative estimate of drug-likeness (QED) is 0.479. The predicted octanol–water partition coefficient (Wildman–Crippen LogP) is 4.96. The Kier molecular flexibility index (Phi) is 6.38. The third-order valence-corrected chi connectivity index (χ3v) is 3.76. The van der Waals surface area contributed by atoms with Gasteiger partial charge in [0.1, 0.15) is 5.52 Å². The van der Waals surface area contributed by atoms with E-state index < -0.39 is 0 Å². The second kappa shape index (κ2) is 8.55. The van der Waals surface area contributed by atoms with Gasteiger partial charge in [-0.15, -0.1) is 0 Å². The van der Waals surface area contributed by atoms with Crippen LogP contribution in [-0.4, -0.2) is 11.5 Å². The number of nitrogen functional groups attached to an aromatic ring is 1. The summed E-state index contributed by atoms with van der Waals surface area (Å²) in [5.74, 6) is 0. The van der Waals surface area contributed by atoms with Gasteiger partial charge in [0.05, 0.1) is 5.69 Å². The fourth-order valence-corrected chi connectivity index (χ4v) is 2.50. The van der Waals surface area contributed by atoms with Crippen molar-refractivity contribution in [1.29, 1.82) is 0 Å². The maximum Gasteiger partial charge on any atom is 0.295 e. The Balaban J connectivity index is 1.61. The number of unbranched alkanes of at least 4 members (excludes halogenated alkanes) is 7. The highest BCUT2D eigenvalue weighted by Gasteiger charge is 2.06. The molecule has 0 aliphatic rings. The molecule has 116 valence electrons. The Labute approximate surface area is 127 Å². The van der Waals surface area contributed by atoms with E-state index in [2.05, 4.69) is 17.2 Å². The number of para-hydroxylation sites is 1. The van der Waals surface area contributed by atoms with Gasteiger partial charge in [-0.2, -0.15) is 4.98 Å². The summed E-state index contributed by atoms with van der Waals surface area (Å²) in [5, 5.41) is 3.24. The van der Waals surface area contributed by atoms with Gasteiger partial charge in [0, 0.05) is 6.54 Å². The average molecular weight is 289 g/mol. The molecule has 4 heteroatoms. The van der Waals surface area contributed by atoms with Gasteiger partial charge in [-0.1, -0.05) is 57.9 Å². The SMILES string of the molecule is CCCCCCCCCCNc1nc2c(N)cccc2o1. The van der Waals surface area contributed by atoms with Crippen LogP contribution in [-0.2, 0) is 0 Å². The highest BCUT2D eigenvalue weighted by molar-refractivity contribution is 5.86. The van der Waals surface area contributed by atoms with Gasteiger partial charge < -0.3 is 15.5 Å². The zero-order valence-electron chi connectivity index (χ0n) is 13.0. The zero-order valence-corrected chi connectivity index (χ0v) is 13.0. The van der Waals surface area contributed by atoms with E-state index in [-0.39, 0.29) is 0 Å². The second-order valence-electron chi connectivity index (χ2n) is 5.61. The number of nitrogens with two attached hydrogens (primary N) is 1. The molecule has 0 atom stereocenters. The summed E-state index contributed by atoms with van der Waals surface area (Å²) < 4.78 is 5.62. The highest BCUT2D eigenvalue weighted by atomic mass is 16.4. The number of hydrogen-bond donors (Lipinski definition) is 2. The average Bonchev–Trinajstić information content (AvgIpc) is 2.90. The second-order valence-corrected chi connectivity index (χ2v) is 5.61. The number of anilines is 2. The molecule has 0 aliphatic heterocycles. The molecule has 0 saturated carbocycles. The molecule has 2 rings (SSSR count). The molecule has 0 fully saturated rings. The van der Waals surface area contributed by atoms with E-state index in [0.717, 1.165) is 24.1 Å². The van der Waals surface area contributed by atoms with E-state index in [1.165, 1.54) is 44.9 Å². The molecule has 1 aromatic carbocycles. The normalized spacial score (nSPS) is 11.1. The van der Waals surface area contributed by atoms with Crippen LogP contribution in [0.3, 0.4) is 0 Å². The molecular weight excluding hydrogens is 262 g/mol. The number of oxazole rings is 1. The minimum atomic E-state index is 0.575. The van der Waals surface area contributed by atoms with Crippen molar-refractivity contribution < 1.29 is 4.42 Å². The monoisotopic (exact) mass is 289 g/mol. The molecule has 0 aliphatic carbocycles. The van der Waals surface area contributed by atoms with Crippen molar-refractivity contribution in [2.75, 3.05) is 17.6 Å². The smallest absolute Gasteiger partial charge is 0.295 e. The Morgan fingerprint density at radius 1 is 1.05 bits per heavy atom. The van der Waals surface area contributed by atoms with E-state index in [4.69, 9.17) is 10.2 Å². The molecule has 3 N–H and O–H groups in total. The van der Waals surface area contributed by atoms with Crippen LogP contribution in [0.1, 0.15) is 58.3 Å². The van der Waals surface area contributed by atoms with Gasteiger partial charge in [-0.25, -0.2) is 0 Å². The maximum absolute atomic E-state index is 5.86. The molecule has 0 spiro atoms. The van der Waals surface area contributed by atoms with Crippen LogP contribution in [0.4, 0.5) is 11.7 Å². The summed E-state index contributed by atoms with van der Waals surface area (Å²) in [6, 6.07) is 6.18. The molecule has 2 aromatic rings. The third-order valence-electron chi connectivity index (χ3n) is 3.76. The number of nitrogens with zero attached hydrogens (tertiary/aromatic N) is 1. The van der Waals surface area contributed by atoms with Crippen LogP contribution in [0, 0.1) is 0 Å². The summed E-state index contributed by atoms with van der Waals surface area (Å²) in [6.07, 6.45) is 10.6. The fourth-order valence-electron chi connectivity index (χ4n) is 2.50. The van der Waals surface area contributed by atoms with Crippen LogP contribution in [0.25, 0.3) is 11.1 Å². The van der Waals surface area contributed by atoms with Crippen LogP contribution in [0.15, 0.2) is 22.6 Å². The minimum absolute atomic E-state index is 0.575. The molecule has 1 heterocycles. The summed E-state index contributed by atoms with van der Waals surface area (Å²) >= 11 is 0. The number of hydrogen-bond acceptors (Lipinski definition) is 4. The van der Waals surface area contributed by atoms with Crippen LogP contribution in [0.2, 0.25) is 0 Å². The minimum Gasteiger partial charge on any atom is -0.423 e. The molecule has 4 nitrogen and oxygen atoms in total. The molecule has 0 amide bonds. The number of nitrogens with one attached hydrogen (secondary N) is 1. The van der Waals surface area contributed by atoms with Gasteiger partial charge in [0.15, 0.2) is 5.58 Å². The van der Waals surface area contributed by atoms with Gasteiger partial charge in [0.25, 0.3) is 6.01 Å². The van der Waals surface area contributed by atoms with Crippen LogP contribution >= 0.6 is 0 Å². The first-order chi connectivity index (χ1) is 10.3.